The Morgan fingerprint density at radius 2 is 1.96 bits per heavy atom. The minimum atomic E-state index is -1.23. The van der Waals surface area contributed by atoms with Crippen molar-refractivity contribution in [3.05, 3.63) is 30.0 Å². The second-order valence-corrected chi connectivity index (χ2v) is 7.33. The van der Waals surface area contributed by atoms with Crippen LogP contribution in [0.2, 0.25) is 0 Å². The van der Waals surface area contributed by atoms with Gasteiger partial charge in [0.25, 0.3) is 5.79 Å². The van der Waals surface area contributed by atoms with Crippen molar-refractivity contribution in [2.45, 2.75) is 24.0 Å². The third-order valence-corrected chi connectivity index (χ3v) is 5.05. The third-order valence-electron chi connectivity index (χ3n) is 3.04. The zero-order valence-electron chi connectivity index (χ0n) is 12.7. The highest BCUT2D eigenvalue weighted by atomic mass is 32.2. The zero-order valence-corrected chi connectivity index (χ0v) is 14.3. The number of aromatic nitrogens is 1. The lowest BCUT2D eigenvalue weighted by atomic mass is 10.2. The molecule has 6 nitrogen and oxygen atoms in total. The van der Waals surface area contributed by atoms with E-state index in [1.54, 1.807) is 23.1 Å². The van der Waals surface area contributed by atoms with Gasteiger partial charge in [-0.25, -0.2) is 14.6 Å². The fourth-order valence-electron chi connectivity index (χ4n) is 2.01. The fourth-order valence-corrected chi connectivity index (χ4v) is 3.54. The topological polar surface area (TPSA) is 77.5 Å². The molecule has 0 unspecified atom stereocenters. The number of fused-ring (bicyclic) bond motifs is 1. The summed E-state index contributed by atoms with van der Waals surface area (Å²) >= 11 is 3.17. The molecule has 2 aromatic rings. The average Bonchev–Trinajstić information content (AvgIpc) is 2.87. The standard InChI is InChI=1S/C15H14N2O4S2/c1-15(2)20-12(18)9(13(19)21-15)7-16-8-4-5-10-11(6-8)23-14(17-10)22-3/h4-7,16H,1-3H3. The molecule has 0 aliphatic carbocycles. The van der Waals surface area contributed by atoms with E-state index in [1.807, 2.05) is 24.5 Å². The van der Waals surface area contributed by atoms with E-state index in [-0.39, 0.29) is 5.57 Å². The molecular weight excluding hydrogens is 336 g/mol. The van der Waals surface area contributed by atoms with Crippen molar-refractivity contribution in [1.29, 1.82) is 0 Å². The summed E-state index contributed by atoms with van der Waals surface area (Å²) in [4.78, 5) is 28.2. The van der Waals surface area contributed by atoms with Crippen LogP contribution in [0.4, 0.5) is 5.69 Å². The van der Waals surface area contributed by atoms with Crippen molar-refractivity contribution >= 4 is 50.9 Å². The molecule has 0 saturated carbocycles. The van der Waals surface area contributed by atoms with E-state index in [2.05, 4.69) is 10.3 Å². The number of cyclic esters (lactones) is 2. The Kier molecular flexibility index (Phi) is 4.03. The normalized spacial score (nSPS) is 16.9. The predicted octanol–water partition coefficient (Wildman–Crippen LogP) is 3.15. The van der Waals surface area contributed by atoms with Gasteiger partial charge in [-0.05, 0) is 24.5 Å². The van der Waals surface area contributed by atoms with Gasteiger partial charge in [-0.1, -0.05) is 11.8 Å². The van der Waals surface area contributed by atoms with Gasteiger partial charge in [0.1, 0.15) is 0 Å². The van der Waals surface area contributed by atoms with Crippen molar-refractivity contribution in [1.82, 2.24) is 4.98 Å². The second-order valence-electron chi connectivity index (χ2n) is 5.25. The first-order valence-electron chi connectivity index (χ1n) is 6.76. The number of thioether (sulfide) groups is 1. The minimum absolute atomic E-state index is 0.168. The van der Waals surface area contributed by atoms with Crippen LogP contribution in [-0.2, 0) is 19.1 Å². The number of thiazole rings is 1. The van der Waals surface area contributed by atoms with Crippen molar-refractivity contribution < 1.29 is 19.1 Å². The number of ether oxygens (including phenoxy) is 2. The van der Waals surface area contributed by atoms with Crippen molar-refractivity contribution in [3.8, 4) is 0 Å². The van der Waals surface area contributed by atoms with Gasteiger partial charge in [-0.15, -0.1) is 11.3 Å². The highest BCUT2D eigenvalue weighted by Gasteiger charge is 2.38. The van der Waals surface area contributed by atoms with Gasteiger partial charge in [0.2, 0.25) is 0 Å². The fraction of sp³-hybridized carbons (Fsp3) is 0.267. The molecule has 8 heteroatoms. The summed E-state index contributed by atoms with van der Waals surface area (Å²) in [7, 11) is 0. The minimum Gasteiger partial charge on any atom is -0.419 e. The highest BCUT2D eigenvalue weighted by Crippen LogP contribution is 2.30. The molecule has 0 bridgehead atoms. The number of hydrogen-bond acceptors (Lipinski definition) is 8. The van der Waals surface area contributed by atoms with E-state index in [9.17, 15) is 9.59 Å². The van der Waals surface area contributed by atoms with E-state index < -0.39 is 17.7 Å². The molecule has 1 aromatic heterocycles. The molecular formula is C15H14N2O4S2. The first-order valence-corrected chi connectivity index (χ1v) is 8.80. The van der Waals surface area contributed by atoms with Crippen LogP contribution in [0.15, 0.2) is 34.3 Å². The molecule has 3 rings (SSSR count). The summed E-state index contributed by atoms with van der Waals surface area (Å²) in [5, 5.41) is 2.93. The molecule has 2 heterocycles. The number of carbonyl (C=O) groups is 2. The Morgan fingerprint density at radius 3 is 2.61 bits per heavy atom. The van der Waals surface area contributed by atoms with Gasteiger partial charge in [-0.3, -0.25) is 0 Å². The number of carbonyl (C=O) groups excluding carboxylic acids is 2. The van der Waals surface area contributed by atoms with E-state index in [0.29, 0.717) is 0 Å². The summed E-state index contributed by atoms with van der Waals surface area (Å²) in [5.41, 5.74) is 1.49. The van der Waals surface area contributed by atoms with Gasteiger partial charge in [0.15, 0.2) is 9.91 Å². The van der Waals surface area contributed by atoms with Crippen LogP contribution in [-0.4, -0.2) is 29.0 Å². The Morgan fingerprint density at radius 1 is 1.26 bits per heavy atom. The molecule has 1 saturated heterocycles. The molecule has 1 aromatic carbocycles. The maximum Gasteiger partial charge on any atom is 0.350 e. The van der Waals surface area contributed by atoms with E-state index in [4.69, 9.17) is 9.47 Å². The molecule has 0 spiro atoms. The van der Waals surface area contributed by atoms with Crippen LogP contribution in [0.5, 0.6) is 0 Å². The van der Waals surface area contributed by atoms with Gasteiger partial charge in [0, 0.05) is 25.7 Å². The number of benzene rings is 1. The van der Waals surface area contributed by atoms with Crippen LogP contribution < -0.4 is 5.32 Å². The summed E-state index contributed by atoms with van der Waals surface area (Å²) in [6, 6.07) is 5.62. The Balaban J connectivity index is 1.82. The second kappa shape index (κ2) is 5.86. The summed E-state index contributed by atoms with van der Waals surface area (Å²) < 4.78 is 12.1. The van der Waals surface area contributed by atoms with Gasteiger partial charge >= 0.3 is 11.9 Å². The maximum absolute atomic E-state index is 11.9. The quantitative estimate of drug-likeness (QED) is 0.394. The molecule has 0 amide bonds. The summed E-state index contributed by atoms with van der Waals surface area (Å²) in [6.07, 6.45) is 3.28. The molecule has 1 aliphatic rings. The molecule has 1 fully saturated rings. The lowest BCUT2D eigenvalue weighted by molar-refractivity contribution is -0.222. The van der Waals surface area contributed by atoms with Gasteiger partial charge < -0.3 is 14.8 Å². The van der Waals surface area contributed by atoms with Gasteiger partial charge in [-0.2, -0.15) is 0 Å². The van der Waals surface area contributed by atoms with Crippen molar-refractivity contribution in [2.24, 2.45) is 0 Å². The summed E-state index contributed by atoms with van der Waals surface area (Å²) in [5.74, 6) is -2.65. The SMILES string of the molecule is CSc1nc2ccc(NC=C3C(=O)OC(C)(C)OC3=O)cc2s1. The van der Waals surface area contributed by atoms with Crippen LogP contribution >= 0.6 is 23.1 Å². The van der Waals surface area contributed by atoms with E-state index >= 15 is 0 Å². The maximum atomic E-state index is 11.9. The highest BCUT2D eigenvalue weighted by molar-refractivity contribution is 8.00. The Hall–Kier alpha value is -2.06. The van der Waals surface area contributed by atoms with Crippen LogP contribution in [0.1, 0.15) is 13.8 Å². The number of rotatable bonds is 3. The number of anilines is 1. The lowest BCUT2D eigenvalue weighted by Gasteiger charge is -2.29. The van der Waals surface area contributed by atoms with Crippen LogP contribution in [0.25, 0.3) is 10.2 Å². The largest absolute Gasteiger partial charge is 0.419 e. The van der Waals surface area contributed by atoms with Crippen LogP contribution in [0, 0.1) is 0 Å². The molecule has 120 valence electrons. The molecule has 1 N–H and O–H groups in total. The number of esters is 2. The monoisotopic (exact) mass is 350 g/mol. The number of hydrogen-bond donors (Lipinski definition) is 1. The predicted molar refractivity (Wildman–Crippen MR) is 89.4 cm³/mol. The molecule has 0 radical (unpaired) electrons. The molecule has 1 aliphatic heterocycles. The van der Waals surface area contributed by atoms with Crippen molar-refractivity contribution in [3.63, 3.8) is 0 Å². The molecule has 0 atom stereocenters. The van der Waals surface area contributed by atoms with E-state index in [0.717, 1.165) is 20.2 Å². The number of nitrogens with one attached hydrogen (secondary N) is 1. The first kappa shape index (κ1) is 15.8. The smallest absolute Gasteiger partial charge is 0.350 e. The Bertz CT molecular complexity index is 804. The van der Waals surface area contributed by atoms with Crippen molar-refractivity contribution in [2.75, 3.05) is 11.6 Å². The van der Waals surface area contributed by atoms with E-state index in [1.165, 1.54) is 20.0 Å². The number of nitrogens with zero attached hydrogens (tertiary/aromatic N) is 1. The first-order chi connectivity index (χ1) is 10.9. The zero-order chi connectivity index (χ0) is 16.6. The average molecular weight is 350 g/mol. The lowest BCUT2D eigenvalue weighted by Crippen LogP contribution is -2.42. The molecule has 23 heavy (non-hydrogen) atoms. The summed E-state index contributed by atoms with van der Waals surface area (Å²) in [6.45, 7) is 3.02. The van der Waals surface area contributed by atoms with Gasteiger partial charge in [0.05, 0.1) is 10.2 Å². The Labute approximate surface area is 140 Å². The third kappa shape index (κ3) is 3.32. The van der Waals surface area contributed by atoms with Crippen LogP contribution in [0.3, 0.4) is 0 Å².